The number of hydrogen-bond donors (Lipinski definition) is 1. The van der Waals surface area contributed by atoms with Crippen LogP contribution in [-0.4, -0.2) is 36.8 Å². The molecular weight excluding hydrogens is 414 g/mol. The summed E-state index contributed by atoms with van der Waals surface area (Å²) in [7, 11) is -2.48. The SMILES string of the molecule is COC(C)(C)Cn1ccc(S(=O)(=O)NC(=O)Cc2c(C(C)C)cc(C)cc2C(C)C)n1. The third-order valence-electron chi connectivity index (χ3n) is 5.28. The number of hydrogen-bond acceptors (Lipinski definition) is 5. The van der Waals surface area contributed by atoms with Gasteiger partial charge in [-0.05, 0) is 55.4 Å². The Hall–Kier alpha value is -2.19. The molecule has 2 rings (SSSR count). The summed E-state index contributed by atoms with van der Waals surface area (Å²) in [6, 6.07) is 5.53. The van der Waals surface area contributed by atoms with Crippen LogP contribution in [-0.2, 0) is 32.5 Å². The second kappa shape index (κ2) is 9.53. The van der Waals surface area contributed by atoms with E-state index in [1.54, 1.807) is 13.3 Å². The first kappa shape index (κ1) is 25.1. The van der Waals surface area contributed by atoms with E-state index in [1.165, 1.54) is 10.7 Å². The Morgan fingerprint density at radius 2 is 1.71 bits per heavy atom. The lowest BCUT2D eigenvalue weighted by molar-refractivity contribution is -0.118. The molecule has 1 N–H and O–H groups in total. The van der Waals surface area contributed by atoms with Gasteiger partial charge in [-0.2, -0.15) is 13.5 Å². The van der Waals surface area contributed by atoms with Crippen molar-refractivity contribution in [2.24, 2.45) is 0 Å². The number of nitrogens with zero attached hydrogens (tertiary/aromatic N) is 2. The molecule has 8 heteroatoms. The molecule has 0 fully saturated rings. The minimum absolute atomic E-state index is 0.00203. The van der Waals surface area contributed by atoms with E-state index in [2.05, 4.69) is 49.6 Å². The maximum Gasteiger partial charge on any atom is 0.283 e. The fraction of sp³-hybridized carbons (Fsp3) is 0.565. The molecule has 31 heavy (non-hydrogen) atoms. The summed E-state index contributed by atoms with van der Waals surface area (Å²) in [4.78, 5) is 12.8. The first-order valence-corrected chi connectivity index (χ1v) is 12.0. The van der Waals surface area contributed by atoms with E-state index in [9.17, 15) is 13.2 Å². The average Bonchev–Trinajstić information content (AvgIpc) is 3.10. The first-order chi connectivity index (χ1) is 14.3. The number of benzene rings is 1. The number of aryl methyl sites for hydroxylation is 1. The fourth-order valence-electron chi connectivity index (χ4n) is 3.54. The van der Waals surface area contributed by atoms with Gasteiger partial charge in [-0.25, -0.2) is 4.72 Å². The Balaban J connectivity index is 2.26. The van der Waals surface area contributed by atoms with Crippen LogP contribution in [0.25, 0.3) is 0 Å². The molecule has 1 amide bonds. The Kier molecular flexibility index (Phi) is 7.70. The van der Waals surface area contributed by atoms with Crippen LogP contribution < -0.4 is 4.72 Å². The Morgan fingerprint density at radius 1 is 1.16 bits per heavy atom. The number of rotatable bonds is 9. The second-order valence-electron chi connectivity index (χ2n) is 9.25. The minimum Gasteiger partial charge on any atom is -0.377 e. The summed E-state index contributed by atoms with van der Waals surface area (Å²) in [6.45, 7) is 14.5. The predicted molar refractivity (Wildman–Crippen MR) is 122 cm³/mol. The highest BCUT2D eigenvalue weighted by Gasteiger charge is 2.25. The molecule has 0 saturated carbocycles. The zero-order valence-corrected chi connectivity index (χ0v) is 20.6. The summed E-state index contributed by atoms with van der Waals surface area (Å²) >= 11 is 0. The van der Waals surface area contributed by atoms with Crippen molar-refractivity contribution in [3.63, 3.8) is 0 Å². The molecule has 7 nitrogen and oxygen atoms in total. The van der Waals surface area contributed by atoms with Crippen molar-refractivity contribution in [3.8, 4) is 0 Å². The highest BCUT2D eigenvalue weighted by atomic mass is 32.2. The van der Waals surface area contributed by atoms with Gasteiger partial charge in [0.15, 0.2) is 5.03 Å². The van der Waals surface area contributed by atoms with E-state index in [0.717, 1.165) is 22.3 Å². The van der Waals surface area contributed by atoms with Crippen LogP contribution >= 0.6 is 0 Å². The van der Waals surface area contributed by atoms with E-state index < -0.39 is 21.5 Å². The third kappa shape index (κ3) is 6.40. The number of sulfonamides is 1. The molecule has 0 radical (unpaired) electrons. The minimum atomic E-state index is -4.07. The number of amides is 1. The first-order valence-electron chi connectivity index (χ1n) is 10.5. The topological polar surface area (TPSA) is 90.3 Å². The van der Waals surface area contributed by atoms with Gasteiger partial charge in [-0.3, -0.25) is 9.48 Å². The summed E-state index contributed by atoms with van der Waals surface area (Å²) in [5.41, 5.74) is 3.68. The maximum absolute atomic E-state index is 12.8. The van der Waals surface area contributed by atoms with Gasteiger partial charge >= 0.3 is 0 Å². The number of carbonyl (C=O) groups is 1. The van der Waals surface area contributed by atoms with Gasteiger partial charge < -0.3 is 4.74 Å². The lowest BCUT2D eigenvalue weighted by atomic mass is 9.85. The lowest BCUT2D eigenvalue weighted by Crippen LogP contribution is -2.33. The van der Waals surface area contributed by atoms with Gasteiger partial charge in [0, 0.05) is 13.3 Å². The highest BCUT2D eigenvalue weighted by Crippen LogP contribution is 2.30. The number of nitrogens with one attached hydrogen (secondary N) is 1. The third-order valence-corrected chi connectivity index (χ3v) is 6.54. The predicted octanol–water partition coefficient (Wildman–Crippen LogP) is 3.91. The average molecular weight is 450 g/mol. The lowest BCUT2D eigenvalue weighted by Gasteiger charge is -2.22. The number of carbonyl (C=O) groups excluding carboxylic acids is 1. The van der Waals surface area contributed by atoms with Crippen LogP contribution in [0.3, 0.4) is 0 Å². The van der Waals surface area contributed by atoms with Crippen LogP contribution in [0.5, 0.6) is 0 Å². The number of aromatic nitrogens is 2. The van der Waals surface area contributed by atoms with Crippen LogP contribution in [0.2, 0.25) is 0 Å². The molecule has 1 aromatic heterocycles. The molecule has 0 aliphatic carbocycles. The van der Waals surface area contributed by atoms with E-state index in [1.807, 2.05) is 20.8 Å². The Labute approximate surface area is 186 Å². The van der Waals surface area contributed by atoms with Crippen molar-refractivity contribution >= 4 is 15.9 Å². The van der Waals surface area contributed by atoms with Gasteiger partial charge in [0.25, 0.3) is 10.0 Å². The van der Waals surface area contributed by atoms with Crippen LogP contribution in [0.1, 0.15) is 75.6 Å². The van der Waals surface area contributed by atoms with Gasteiger partial charge in [-0.15, -0.1) is 0 Å². The molecule has 0 unspecified atom stereocenters. The maximum atomic E-state index is 12.8. The van der Waals surface area contributed by atoms with Gasteiger partial charge in [0.2, 0.25) is 5.91 Å². The van der Waals surface area contributed by atoms with E-state index in [-0.39, 0.29) is 23.3 Å². The zero-order valence-electron chi connectivity index (χ0n) is 19.8. The number of ether oxygens (including phenoxy) is 1. The normalized spacial score (nSPS) is 12.6. The highest BCUT2D eigenvalue weighted by molar-refractivity contribution is 7.90. The largest absolute Gasteiger partial charge is 0.377 e. The van der Waals surface area contributed by atoms with Crippen molar-refractivity contribution in [3.05, 3.63) is 46.6 Å². The molecule has 0 saturated heterocycles. The van der Waals surface area contributed by atoms with Crippen molar-refractivity contribution in [1.82, 2.24) is 14.5 Å². The molecule has 1 aromatic carbocycles. The second-order valence-corrected chi connectivity index (χ2v) is 10.9. The van der Waals surface area contributed by atoms with E-state index >= 15 is 0 Å². The summed E-state index contributed by atoms with van der Waals surface area (Å²) in [5, 5.41) is 3.92. The van der Waals surface area contributed by atoms with E-state index in [0.29, 0.717) is 6.54 Å². The molecule has 2 aromatic rings. The van der Waals surface area contributed by atoms with Crippen LogP contribution in [0, 0.1) is 6.92 Å². The molecular formula is C23H35N3O4S. The molecule has 0 spiro atoms. The Bertz CT molecular complexity index is 1010. The Morgan fingerprint density at radius 3 is 2.19 bits per heavy atom. The van der Waals surface area contributed by atoms with Crippen molar-refractivity contribution in [2.45, 2.75) is 83.9 Å². The summed E-state index contributed by atoms with van der Waals surface area (Å²) in [5.74, 6) is -0.132. The number of methoxy groups -OCH3 is 1. The van der Waals surface area contributed by atoms with Crippen molar-refractivity contribution in [1.29, 1.82) is 0 Å². The van der Waals surface area contributed by atoms with Crippen LogP contribution in [0.15, 0.2) is 29.4 Å². The molecule has 0 bridgehead atoms. The molecule has 1 heterocycles. The van der Waals surface area contributed by atoms with Crippen LogP contribution in [0.4, 0.5) is 0 Å². The quantitative estimate of drug-likeness (QED) is 0.627. The van der Waals surface area contributed by atoms with Gasteiger partial charge in [0.1, 0.15) is 0 Å². The molecule has 172 valence electrons. The zero-order chi connectivity index (χ0) is 23.6. The van der Waals surface area contributed by atoms with E-state index in [4.69, 9.17) is 4.74 Å². The standard InChI is InChI=1S/C23H35N3O4S/c1-15(2)18-11-17(5)12-19(16(3)4)20(18)13-21(27)25-31(28,29)22-9-10-26(24-22)14-23(6,7)30-8/h9-12,15-16H,13-14H2,1-8H3,(H,25,27). The smallest absolute Gasteiger partial charge is 0.283 e. The monoisotopic (exact) mass is 449 g/mol. The molecule has 0 atom stereocenters. The summed E-state index contributed by atoms with van der Waals surface area (Å²) in [6.07, 6.45) is 1.56. The van der Waals surface area contributed by atoms with Crippen molar-refractivity contribution < 1.29 is 17.9 Å². The molecule has 0 aliphatic rings. The van der Waals surface area contributed by atoms with Gasteiger partial charge in [0.05, 0.1) is 18.6 Å². The summed E-state index contributed by atoms with van der Waals surface area (Å²) < 4.78 is 34.5. The fourth-order valence-corrected chi connectivity index (χ4v) is 4.46. The van der Waals surface area contributed by atoms with Crippen molar-refractivity contribution in [2.75, 3.05) is 7.11 Å². The molecule has 0 aliphatic heterocycles. The van der Waals surface area contributed by atoms with Gasteiger partial charge in [-0.1, -0.05) is 45.4 Å².